The highest BCUT2D eigenvalue weighted by Crippen LogP contribution is 2.46. The van der Waals surface area contributed by atoms with Gasteiger partial charge in [-0.25, -0.2) is 0 Å². The number of nitrogens with zero attached hydrogens (tertiary/aromatic N) is 6. The van der Waals surface area contributed by atoms with Crippen LogP contribution in [0, 0.1) is 0 Å². The highest BCUT2D eigenvalue weighted by Gasteiger charge is 2.22. The minimum absolute atomic E-state index is 0.913. The molecule has 27 aromatic rings. The fraction of sp³-hybridized carbons (Fsp3) is 0. The van der Waals surface area contributed by atoms with E-state index in [1.807, 2.05) is 36.4 Å². The predicted molar refractivity (Wildman–Crippen MR) is 519 cm³/mol. The van der Waals surface area contributed by atoms with Crippen molar-refractivity contribution in [1.29, 1.82) is 0 Å². The average Bonchev–Trinajstić information content (AvgIpc) is 1.63. The Labute approximate surface area is 714 Å². The van der Waals surface area contributed by atoms with Crippen LogP contribution < -0.4 is 0 Å². The SMILES string of the molecule is c1ccc2c(c1)oc1c(-c3ccc(-c4ccc(-c5ccc6c(c5)c5ccccc5c5nccnc65)cc4)cc3)cccc12.c1ccc2c(c1)oc1c(-c3ccc4ccc(-c5ccc6c(c5)c5ccccc5c5nccnc65)cc4c3)cccc12.c1ccc2c(c1)oc1c(-c3cccc4c(-c5ccc6c(c5)c5ccccc5c5nccnc65)cccc34)cccc12. The third-order valence-corrected chi connectivity index (χ3v) is 25.3. The first kappa shape index (κ1) is 71.1. The van der Waals surface area contributed by atoms with Crippen molar-refractivity contribution in [2.24, 2.45) is 0 Å². The lowest BCUT2D eigenvalue weighted by Crippen LogP contribution is -1.90. The van der Waals surface area contributed by atoms with Crippen molar-refractivity contribution in [2.75, 3.05) is 0 Å². The number of benzene rings is 21. The molecule has 9 nitrogen and oxygen atoms in total. The van der Waals surface area contributed by atoms with Crippen LogP contribution in [0.15, 0.2) is 427 Å². The van der Waals surface area contributed by atoms with E-state index < -0.39 is 0 Å². The average molecular weight is 1590 g/mol. The molecule has 0 aliphatic rings. The molecule has 0 radical (unpaired) electrons. The Balaban J connectivity index is 0.000000103. The second-order valence-corrected chi connectivity index (χ2v) is 32.2. The normalized spacial score (nSPS) is 11.8. The van der Waals surface area contributed by atoms with Gasteiger partial charge in [-0.2, -0.15) is 0 Å². The van der Waals surface area contributed by atoms with Crippen LogP contribution in [0.2, 0.25) is 0 Å². The summed E-state index contributed by atoms with van der Waals surface area (Å²) in [5.74, 6) is 0. The molecule has 0 bridgehead atoms. The van der Waals surface area contributed by atoms with E-state index in [-0.39, 0.29) is 0 Å². The molecule has 6 heterocycles. The fourth-order valence-corrected chi connectivity index (χ4v) is 19.4. The molecular formula is C116H68N6O3. The van der Waals surface area contributed by atoms with Crippen LogP contribution in [0.4, 0.5) is 0 Å². The van der Waals surface area contributed by atoms with E-state index in [9.17, 15) is 0 Å². The number of para-hydroxylation sites is 6. The highest BCUT2D eigenvalue weighted by atomic mass is 16.3. The van der Waals surface area contributed by atoms with E-state index in [1.54, 1.807) is 37.2 Å². The van der Waals surface area contributed by atoms with E-state index in [2.05, 4.69) is 360 Å². The molecule has 0 saturated carbocycles. The third kappa shape index (κ3) is 11.8. The van der Waals surface area contributed by atoms with Crippen molar-refractivity contribution < 1.29 is 13.3 Å². The lowest BCUT2D eigenvalue weighted by molar-refractivity contribution is 0.669. The molecule has 0 aliphatic heterocycles. The van der Waals surface area contributed by atoms with Crippen LogP contribution in [-0.2, 0) is 0 Å². The Morgan fingerprint density at radius 2 is 0.392 bits per heavy atom. The number of hydrogen-bond donors (Lipinski definition) is 0. The molecule has 0 saturated heterocycles. The molecule has 0 unspecified atom stereocenters. The summed E-state index contributed by atoms with van der Waals surface area (Å²) in [6, 6.07) is 134. The number of hydrogen-bond acceptors (Lipinski definition) is 9. The summed E-state index contributed by atoms with van der Waals surface area (Å²) in [5.41, 5.74) is 27.5. The Hall–Kier alpha value is -16.9. The van der Waals surface area contributed by atoms with Crippen molar-refractivity contribution in [3.63, 3.8) is 0 Å². The van der Waals surface area contributed by atoms with Crippen LogP contribution in [0.5, 0.6) is 0 Å². The van der Waals surface area contributed by atoms with Gasteiger partial charge in [-0.3, -0.25) is 29.9 Å². The molecule has 0 aliphatic carbocycles. The van der Waals surface area contributed by atoms with Crippen molar-refractivity contribution in [3.05, 3.63) is 413 Å². The lowest BCUT2D eigenvalue weighted by atomic mass is 9.90. The van der Waals surface area contributed by atoms with Crippen LogP contribution in [-0.4, -0.2) is 29.9 Å². The van der Waals surface area contributed by atoms with E-state index in [0.717, 1.165) is 159 Å². The summed E-state index contributed by atoms with van der Waals surface area (Å²) in [5, 5.41) is 25.6. The highest BCUT2D eigenvalue weighted by molar-refractivity contribution is 6.27. The first-order chi connectivity index (χ1) is 62.0. The smallest absolute Gasteiger partial charge is 0.143 e. The standard InChI is InChI=1S/C40H24N2O.2C38H22N2O/c1-2-8-33-31(6-1)36-24-29(20-21-34(36)39-38(33)41-22-23-42-39)27-14-12-25(13-15-27)26-16-18-28(19-17-26)30-9-5-10-35-32-7-3-4-11-37(32)43-40(30)35;1-2-10-30-28(8-1)34-22-23(18-19-31(34)37-36(30)39-20-21-40-37)24-11-5-13-26-25(24)12-6-14-27(26)32-15-7-16-33-29-9-3-4-17-35(29)41-38(32)33;1-2-8-31-29(6-1)34-22-25(16-17-32(34)37-36(31)39-18-19-40-37)24-14-12-23-13-15-26(21-27(23)20-24)28-9-5-10-33-30-7-3-4-11-35(30)41-38(28)33/h1-24H;2*1-22H. The maximum Gasteiger partial charge on any atom is 0.143 e. The van der Waals surface area contributed by atoms with Gasteiger partial charge in [0.25, 0.3) is 0 Å². The van der Waals surface area contributed by atoms with Gasteiger partial charge in [-0.15, -0.1) is 0 Å². The zero-order valence-corrected chi connectivity index (χ0v) is 67.2. The summed E-state index contributed by atoms with van der Waals surface area (Å²) >= 11 is 0. The van der Waals surface area contributed by atoms with E-state index in [0.29, 0.717) is 0 Å². The maximum atomic E-state index is 6.41. The second-order valence-electron chi connectivity index (χ2n) is 32.2. The molecule has 0 N–H and O–H groups in total. The molecule has 9 heteroatoms. The number of aromatic nitrogens is 6. The van der Waals surface area contributed by atoms with Crippen molar-refractivity contribution >= 4 is 185 Å². The minimum atomic E-state index is 0.913. The number of rotatable bonds is 7. The first-order valence-electron chi connectivity index (χ1n) is 42.1. The third-order valence-electron chi connectivity index (χ3n) is 25.3. The molecule has 21 aromatic carbocycles. The van der Waals surface area contributed by atoms with Gasteiger partial charge in [0.1, 0.15) is 33.5 Å². The Kier molecular flexibility index (Phi) is 16.5. The largest absolute Gasteiger partial charge is 0.455 e. The van der Waals surface area contributed by atoms with Crippen LogP contribution in [0.3, 0.4) is 0 Å². The molecule has 580 valence electrons. The summed E-state index contributed by atoms with van der Waals surface area (Å²) in [6.45, 7) is 0. The van der Waals surface area contributed by atoms with Crippen molar-refractivity contribution in [3.8, 4) is 77.9 Å². The zero-order chi connectivity index (χ0) is 82.2. The Morgan fingerprint density at radius 3 is 0.832 bits per heavy atom. The van der Waals surface area contributed by atoms with Crippen LogP contribution >= 0.6 is 0 Å². The summed E-state index contributed by atoms with van der Waals surface area (Å²) in [7, 11) is 0. The van der Waals surface area contributed by atoms with E-state index in [4.69, 9.17) is 23.2 Å². The van der Waals surface area contributed by atoms with Gasteiger partial charge in [0.05, 0.1) is 33.1 Å². The predicted octanol–water partition coefficient (Wildman–Crippen LogP) is 31.5. The van der Waals surface area contributed by atoms with Gasteiger partial charge in [-0.05, 0) is 164 Å². The summed E-state index contributed by atoms with van der Waals surface area (Å²) in [6.07, 6.45) is 10.6. The van der Waals surface area contributed by atoms with Gasteiger partial charge < -0.3 is 13.3 Å². The van der Waals surface area contributed by atoms with Gasteiger partial charge in [0, 0.05) is 119 Å². The molecule has 6 aromatic heterocycles. The van der Waals surface area contributed by atoms with E-state index in [1.165, 1.54) is 104 Å². The molecule has 0 atom stereocenters. The fourth-order valence-electron chi connectivity index (χ4n) is 19.4. The monoisotopic (exact) mass is 1590 g/mol. The zero-order valence-electron chi connectivity index (χ0n) is 67.2. The molecule has 0 spiro atoms. The van der Waals surface area contributed by atoms with Gasteiger partial charge >= 0.3 is 0 Å². The Morgan fingerprint density at radius 1 is 0.136 bits per heavy atom. The molecular weight excluding hydrogens is 1530 g/mol. The minimum Gasteiger partial charge on any atom is -0.455 e. The number of furan rings is 3. The molecule has 0 fully saturated rings. The van der Waals surface area contributed by atoms with Crippen molar-refractivity contribution in [1.82, 2.24) is 29.9 Å². The van der Waals surface area contributed by atoms with Gasteiger partial charge in [0.2, 0.25) is 0 Å². The van der Waals surface area contributed by atoms with Gasteiger partial charge in [0.15, 0.2) is 0 Å². The second kappa shape index (κ2) is 29.0. The van der Waals surface area contributed by atoms with Crippen molar-refractivity contribution in [2.45, 2.75) is 0 Å². The molecule has 0 amide bonds. The number of fused-ring (bicyclic) bond motifs is 29. The maximum absolute atomic E-state index is 6.41. The van der Waals surface area contributed by atoms with Crippen LogP contribution in [0.1, 0.15) is 0 Å². The van der Waals surface area contributed by atoms with E-state index >= 15 is 0 Å². The van der Waals surface area contributed by atoms with Gasteiger partial charge in [-0.1, -0.05) is 328 Å². The first-order valence-corrected chi connectivity index (χ1v) is 42.1. The topological polar surface area (TPSA) is 117 Å². The van der Waals surface area contributed by atoms with Crippen LogP contribution in [0.25, 0.3) is 263 Å². The Bertz CT molecular complexity index is 9040. The lowest BCUT2D eigenvalue weighted by Gasteiger charge is -2.14. The summed E-state index contributed by atoms with van der Waals surface area (Å²) in [4.78, 5) is 28.1. The molecule has 27 rings (SSSR count). The summed E-state index contributed by atoms with van der Waals surface area (Å²) < 4.78 is 19.0. The quantitative estimate of drug-likeness (QED) is 0.144. The molecule has 125 heavy (non-hydrogen) atoms.